The van der Waals surface area contributed by atoms with Crippen LogP contribution in [-0.4, -0.2) is 45.9 Å². The number of aromatic nitrogens is 2. The molecule has 1 aliphatic heterocycles. The van der Waals surface area contributed by atoms with Crippen molar-refractivity contribution in [1.29, 1.82) is 0 Å². The fourth-order valence-electron chi connectivity index (χ4n) is 3.47. The van der Waals surface area contributed by atoms with Gasteiger partial charge in [-0.05, 0) is 49.2 Å². The van der Waals surface area contributed by atoms with Crippen LogP contribution in [0.15, 0.2) is 47.4 Å². The molecule has 11 heteroatoms. The number of carbonyl (C=O) groups is 2. The van der Waals surface area contributed by atoms with Crippen LogP contribution in [0.5, 0.6) is 0 Å². The zero-order chi connectivity index (χ0) is 21.3. The summed E-state index contributed by atoms with van der Waals surface area (Å²) in [6, 6.07) is 10.6. The fraction of sp³-hybridized carbons (Fsp3) is 0.263. The fourth-order valence-corrected chi connectivity index (χ4v) is 5.88. The Kier molecular flexibility index (Phi) is 5.50. The molecule has 4 rings (SSSR count). The first kappa shape index (κ1) is 20.4. The quantitative estimate of drug-likeness (QED) is 0.622. The van der Waals surface area contributed by atoms with Crippen LogP contribution >= 0.6 is 11.7 Å². The number of carbonyl (C=O) groups excluding carboxylic acids is 2. The Labute approximate surface area is 177 Å². The summed E-state index contributed by atoms with van der Waals surface area (Å²) in [6.07, 6.45) is 1.02. The van der Waals surface area contributed by atoms with Gasteiger partial charge in [0.1, 0.15) is 22.0 Å². The SMILES string of the molecule is CC(=O)Nc1ccc(NC(=O)[C@@H]2CCCN2S(=O)(=O)c2cccc3nsnc23)cc1. The van der Waals surface area contributed by atoms with Crippen molar-refractivity contribution >= 4 is 56.0 Å². The van der Waals surface area contributed by atoms with Crippen LogP contribution in [0, 0.1) is 0 Å². The van der Waals surface area contributed by atoms with Crippen LogP contribution in [0.25, 0.3) is 11.0 Å². The molecule has 1 atom stereocenters. The first-order chi connectivity index (χ1) is 14.4. The lowest BCUT2D eigenvalue weighted by Gasteiger charge is -2.23. The van der Waals surface area contributed by atoms with Gasteiger partial charge in [0, 0.05) is 24.8 Å². The minimum Gasteiger partial charge on any atom is -0.326 e. The first-order valence-corrected chi connectivity index (χ1v) is 11.4. The summed E-state index contributed by atoms with van der Waals surface area (Å²) in [5.41, 5.74) is 1.96. The molecule has 1 fully saturated rings. The number of benzene rings is 2. The van der Waals surface area contributed by atoms with Gasteiger partial charge in [-0.25, -0.2) is 8.42 Å². The summed E-state index contributed by atoms with van der Waals surface area (Å²) >= 11 is 0.951. The van der Waals surface area contributed by atoms with Gasteiger partial charge in [-0.2, -0.15) is 13.1 Å². The second-order valence-corrected chi connectivity index (χ2v) is 9.30. The van der Waals surface area contributed by atoms with Crippen LogP contribution in [-0.2, 0) is 19.6 Å². The summed E-state index contributed by atoms with van der Waals surface area (Å²) in [5.74, 6) is -0.587. The summed E-state index contributed by atoms with van der Waals surface area (Å²) in [7, 11) is -3.91. The van der Waals surface area contributed by atoms with Gasteiger partial charge < -0.3 is 10.6 Å². The van der Waals surface area contributed by atoms with Gasteiger partial charge in [-0.15, -0.1) is 0 Å². The summed E-state index contributed by atoms with van der Waals surface area (Å²) < 4.78 is 36.1. The monoisotopic (exact) mass is 445 g/mol. The average molecular weight is 446 g/mol. The Bertz CT molecular complexity index is 1210. The minimum absolute atomic E-state index is 0.0631. The predicted octanol–water partition coefficient (Wildman–Crippen LogP) is 2.44. The predicted molar refractivity (Wildman–Crippen MR) is 114 cm³/mol. The Morgan fingerprint density at radius 3 is 2.47 bits per heavy atom. The third kappa shape index (κ3) is 3.91. The topological polar surface area (TPSA) is 121 Å². The molecule has 3 aromatic rings. The van der Waals surface area contributed by atoms with Crippen LogP contribution in [0.2, 0.25) is 0 Å². The molecule has 9 nitrogen and oxygen atoms in total. The number of fused-ring (bicyclic) bond motifs is 1. The highest BCUT2D eigenvalue weighted by molar-refractivity contribution is 7.89. The molecule has 1 aromatic heterocycles. The molecular weight excluding hydrogens is 426 g/mol. The van der Waals surface area contributed by atoms with Crippen molar-refractivity contribution in [2.75, 3.05) is 17.2 Å². The average Bonchev–Trinajstić information content (AvgIpc) is 3.38. The molecule has 2 heterocycles. The smallest absolute Gasteiger partial charge is 0.246 e. The second kappa shape index (κ2) is 8.09. The number of amides is 2. The number of nitrogens with zero attached hydrogens (tertiary/aromatic N) is 3. The van der Waals surface area contributed by atoms with Gasteiger partial charge in [0.05, 0.1) is 11.7 Å². The van der Waals surface area contributed by atoms with E-state index in [9.17, 15) is 18.0 Å². The molecule has 0 bridgehead atoms. The summed E-state index contributed by atoms with van der Waals surface area (Å²) in [4.78, 5) is 24.0. The zero-order valence-corrected chi connectivity index (χ0v) is 17.7. The Balaban J connectivity index is 1.55. The van der Waals surface area contributed by atoms with Gasteiger partial charge in [-0.1, -0.05) is 6.07 Å². The zero-order valence-electron chi connectivity index (χ0n) is 16.0. The number of sulfonamides is 1. The standard InChI is InChI=1S/C19H19N5O4S2/c1-12(25)20-13-7-9-14(10-8-13)21-19(26)16-5-3-11-24(16)30(27,28)17-6-2-4-15-18(17)23-29-22-15/h2,4,6-10,16H,3,5,11H2,1H3,(H,20,25)(H,21,26)/t16-/m0/s1. The molecule has 2 amide bonds. The van der Waals surface area contributed by atoms with Crippen molar-refractivity contribution in [3.8, 4) is 0 Å². The normalized spacial score (nSPS) is 17.2. The van der Waals surface area contributed by atoms with E-state index in [1.807, 2.05) is 0 Å². The lowest BCUT2D eigenvalue weighted by atomic mass is 10.2. The van der Waals surface area contributed by atoms with E-state index < -0.39 is 22.0 Å². The van der Waals surface area contributed by atoms with E-state index >= 15 is 0 Å². The summed E-state index contributed by atoms with van der Waals surface area (Å²) in [5, 5.41) is 5.41. The van der Waals surface area contributed by atoms with E-state index in [1.165, 1.54) is 17.3 Å². The Morgan fingerprint density at radius 1 is 1.07 bits per heavy atom. The lowest BCUT2D eigenvalue weighted by Crippen LogP contribution is -2.43. The van der Waals surface area contributed by atoms with Gasteiger partial charge in [0.15, 0.2) is 0 Å². The van der Waals surface area contributed by atoms with Gasteiger partial charge in [0.25, 0.3) is 0 Å². The van der Waals surface area contributed by atoms with Crippen molar-refractivity contribution < 1.29 is 18.0 Å². The highest BCUT2D eigenvalue weighted by Crippen LogP contribution is 2.30. The minimum atomic E-state index is -3.91. The summed E-state index contributed by atoms with van der Waals surface area (Å²) in [6.45, 7) is 1.67. The molecule has 0 spiro atoms. The molecule has 2 aromatic carbocycles. The largest absolute Gasteiger partial charge is 0.326 e. The number of nitrogens with one attached hydrogen (secondary N) is 2. The second-order valence-electron chi connectivity index (χ2n) is 6.91. The van der Waals surface area contributed by atoms with E-state index in [1.54, 1.807) is 36.4 Å². The molecule has 0 aliphatic carbocycles. The molecule has 0 saturated carbocycles. The Morgan fingerprint density at radius 2 is 1.77 bits per heavy atom. The highest BCUT2D eigenvalue weighted by Gasteiger charge is 2.40. The maximum absolute atomic E-state index is 13.3. The van der Waals surface area contributed by atoms with Crippen LogP contribution < -0.4 is 10.6 Å². The van der Waals surface area contributed by atoms with Crippen molar-refractivity contribution in [1.82, 2.24) is 13.1 Å². The van der Waals surface area contributed by atoms with Gasteiger partial charge in [-0.3, -0.25) is 9.59 Å². The highest BCUT2D eigenvalue weighted by atomic mass is 32.2. The van der Waals surface area contributed by atoms with E-state index in [4.69, 9.17) is 0 Å². The van der Waals surface area contributed by atoms with Crippen LogP contribution in [0.1, 0.15) is 19.8 Å². The van der Waals surface area contributed by atoms with Gasteiger partial charge >= 0.3 is 0 Å². The van der Waals surface area contributed by atoms with Crippen molar-refractivity contribution in [3.63, 3.8) is 0 Å². The molecule has 30 heavy (non-hydrogen) atoms. The molecule has 1 saturated heterocycles. The third-order valence-electron chi connectivity index (χ3n) is 4.81. The van der Waals surface area contributed by atoms with Crippen molar-refractivity contribution in [2.45, 2.75) is 30.7 Å². The Hall–Kier alpha value is -2.89. The molecule has 0 unspecified atom stereocenters. The van der Waals surface area contributed by atoms with Gasteiger partial charge in [0.2, 0.25) is 21.8 Å². The molecule has 2 N–H and O–H groups in total. The maximum atomic E-state index is 13.3. The number of rotatable bonds is 5. The van der Waals surface area contributed by atoms with E-state index in [-0.39, 0.29) is 17.3 Å². The molecule has 0 radical (unpaired) electrons. The molecule has 1 aliphatic rings. The van der Waals surface area contributed by atoms with Crippen LogP contribution in [0.3, 0.4) is 0 Å². The maximum Gasteiger partial charge on any atom is 0.246 e. The van der Waals surface area contributed by atoms with E-state index in [0.717, 1.165) is 11.7 Å². The number of hydrogen-bond acceptors (Lipinski definition) is 7. The molecule has 156 valence electrons. The number of hydrogen-bond donors (Lipinski definition) is 2. The van der Waals surface area contributed by atoms with Crippen LogP contribution in [0.4, 0.5) is 11.4 Å². The van der Waals surface area contributed by atoms with Crippen molar-refractivity contribution in [2.24, 2.45) is 0 Å². The third-order valence-corrected chi connectivity index (χ3v) is 7.30. The molecular formula is C19H19N5O4S2. The lowest BCUT2D eigenvalue weighted by molar-refractivity contribution is -0.119. The van der Waals surface area contributed by atoms with E-state index in [2.05, 4.69) is 19.4 Å². The van der Waals surface area contributed by atoms with E-state index in [0.29, 0.717) is 35.2 Å². The van der Waals surface area contributed by atoms with Crippen molar-refractivity contribution in [3.05, 3.63) is 42.5 Å². The number of anilines is 2. The first-order valence-electron chi connectivity index (χ1n) is 9.28.